The molecule has 1 atom stereocenters. The minimum Gasteiger partial charge on any atom is -0.381 e. The molecule has 1 aliphatic rings. The molecule has 1 aromatic rings. The first kappa shape index (κ1) is 7.89. The van der Waals surface area contributed by atoms with Crippen molar-refractivity contribution in [3.63, 3.8) is 0 Å². The maximum absolute atomic E-state index is 10.4. The van der Waals surface area contributed by atoms with E-state index in [9.17, 15) is 4.79 Å². The molecule has 0 aromatic carbocycles. The molecule has 1 fully saturated rings. The summed E-state index contributed by atoms with van der Waals surface area (Å²) in [4.78, 5) is 11.1. The molecule has 0 amide bonds. The van der Waals surface area contributed by atoms with Gasteiger partial charge in [-0.05, 0) is 24.0 Å². The van der Waals surface area contributed by atoms with Gasteiger partial charge < -0.3 is 4.74 Å². The van der Waals surface area contributed by atoms with E-state index < -0.39 is 0 Å². The lowest BCUT2D eigenvalue weighted by Crippen LogP contribution is -1.96. The summed E-state index contributed by atoms with van der Waals surface area (Å²) in [6.45, 7) is 1.57. The van der Waals surface area contributed by atoms with E-state index in [0.717, 1.165) is 31.6 Å². The highest BCUT2D eigenvalue weighted by molar-refractivity contribution is 7.07. The molecule has 1 unspecified atom stereocenters. The molecule has 2 heterocycles. The summed E-state index contributed by atoms with van der Waals surface area (Å²) in [6.07, 6.45) is 1.87. The zero-order chi connectivity index (χ0) is 8.39. The quantitative estimate of drug-likeness (QED) is 0.651. The number of carbonyl (C=O) groups excluding carboxylic acids is 1. The molecule has 0 bridgehead atoms. The molecule has 0 radical (unpaired) electrons. The van der Waals surface area contributed by atoms with E-state index in [0.29, 0.717) is 10.8 Å². The Hall–Kier alpha value is -0.740. The van der Waals surface area contributed by atoms with Gasteiger partial charge in [-0.25, -0.2) is 0 Å². The monoisotopic (exact) mass is 183 g/mol. The Bertz CT molecular complexity index is 278. The normalized spacial score (nSPS) is 22.8. The third-order valence-corrected chi connectivity index (χ3v) is 2.74. The van der Waals surface area contributed by atoms with Crippen LogP contribution in [0.15, 0.2) is 6.07 Å². The van der Waals surface area contributed by atoms with Crippen molar-refractivity contribution >= 4 is 17.8 Å². The number of rotatable bonds is 2. The Morgan fingerprint density at radius 1 is 1.75 bits per heavy atom. The number of nitrogens with zero attached hydrogens (tertiary/aromatic N) is 1. The van der Waals surface area contributed by atoms with E-state index in [4.69, 9.17) is 4.74 Å². The van der Waals surface area contributed by atoms with Gasteiger partial charge in [-0.1, -0.05) is 0 Å². The van der Waals surface area contributed by atoms with Gasteiger partial charge in [0.1, 0.15) is 0 Å². The predicted octanol–water partition coefficient (Wildman–Crippen LogP) is 1.46. The first-order valence-corrected chi connectivity index (χ1v) is 4.67. The summed E-state index contributed by atoms with van der Waals surface area (Å²) < 4.78 is 9.43. The highest BCUT2D eigenvalue weighted by Gasteiger charge is 2.20. The van der Waals surface area contributed by atoms with Gasteiger partial charge in [0.05, 0.1) is 17.2 Å². The van der Waals surface area contributed by atoms with Crippen molar-refractivity contribution in [3.8, 4) is 0 Å². The summed E-state index contributed by atoms with van der Waals surface area (Å²) in [5.74, 6) is 0.412. The van der Waals surface area contributed by atoms with Crippen LogP contribution in [0.25, 0.3) is 0 Å². The second kappa shape index (κ2) is 3.33. The topological polar surface area (TPSA) is 39.2 Å². The van der Waals surface area contributed by atoms with E-state index in [-0.39, 0.29) is 0 Å². The average molecular weight is 183 g/mol. The largest absolute Gasteiger partial charge is 0.381 e. The van der Waals surface area contributed by atoms with Gasteiger partial charge in [-0.2, -0.15) is 4.37 Å². The molecular formula is C8H9NO2S. The van der Waals surface area contributed by atoms with Crippen molar-refractivity contribution in [2.75, 3.05) is 13.2 Å². The molecule has 2 rings (SSSR count). The zero-order valence-electron chi connectivity index (χ0n) is 6.53. The molecule has 0 N–H and O–H groups in total. The van der Waals surface area contributed by atoms with Gasteiger partial charge in [0.25, 0.3) is 0 Å². The minimum atomic E-state index is 0.412. The van der Waals surface area contributed by atoms with Crippen molar-refractivity contribution in [3.05, 3.63) is 16.6 Å². The fourth-order valence-corrected chi connectivity index (χ4v) is 1.95. The number of aldehydes is 1. The fraction of sp³-hybridized carbons (Fsp3) is 0.500. The van der Waals surface area contributed by atoms with Crippen molar-refractivity contribution in [1.29, 1.82) is 0 Å². The van der Waals surface area contributed by atoms with Gasteiger partial charge in [0, 0.05) is 12.5 Å². The van der Waals surface area contributed by atoms with Crippen LogP contribution >= 0.6 is 11.5 Å². The fourth-order valence-electron chi connectivity index (χ4n) is 1.32. The second-order valence-corrected chi connectivity index (χ2v) is 3.67. The van der Waals surface area contributed by atoms with Crippen LogP contribution in [-0.4, -0.2) is 23.9 Å². The lowest BCUT2D eigenvalue weighted by molar-refractivity contribution is 0.112. The van der Waals surface area contributed by atoms with Gasteiger partial charge in [-0.15, -0.1) is 0 Å². The molecule has 64 valence electrons. The molecule has 0 aliphatic carbocycles. The van der Waals surface area contributed by atoms with E-state index in [2.05, 4.69) is 4.37 Å². The van der Waals surface area contributed by atoms with Gasteiger partial charge in [0.2, 0.25) is 0 Å². The molecule has 12 heavy (non-hydrogen) atoms. The highest BCUT2D eigenvalue weighted by Crippen LogP contribution is 2.25. The lowest BCUT2D eigenvalue weighted by Gasteiger charge is -1.99. The van der Waals surface area contributed by atoms with Crippen LogP contribution in [-0.2, 0) is 4.74 Å². The molecular weight excluding hydrogens is 174 g/mol. The predicted molar refractivity (Wildman–Crippen MR) is 45.7 cm³/mol. The summed E-state index contributed by atoms with van der Waals surface area (Å²) in [6, 6.07) is 1.86. The molecule has 1 aromatic heterocycles. The van der Waals surface area contributed by atoms with Crippen molar-refractivity contribution in [2.45, 2.75) is 12.3 Å². The number of hydrogen-bond donors (Lipinski definition) is 0. The Morgan fingerprint density at radius 3 is 3.25 bits per heavy atom. The standard InChI is InChI=1S/C8H9NO2S/c10-4-7-3-8(9-12-7)6-1-2-11-5-6/h3-4,6H,1-2,5H2. The number of ether oxygens (including phenoxy) is 1. The minimum absolute atomic E-state index is 0.412. The van der Waals surface area contributed by atoms with Crippen LogP contribution in [0.4, 0.5) is 0 Å². The van der Waals surface area contributed by atoms with Crippen LogP contribution in [0.1, 0.15) is 27.7 Å². The van der Waals surface area contributed by atoms with Crippen LogP contribution in [0, 0.1) is 0 Å². The first-order valence-electron chi connectivity index (χ1n) is 3.89. The van der Waals surface area contributed by atoms with Crippen LogP contribution in [0.2, 0.25) is 0 Å². The maximum atomic E-state index is 10.4. The summed E-state index contributed by atoms with van der Waals surface area (Å²) in [5.41, 5.74) is 1.01. The van der Waals surface area contributed by atoms with Crippen LogP contribution in [0.5, 0.6) is 0 Å². The molecule has 4 heteroatoms. The molecule has 1 aliphatic heterocycles. The Kier molecular flexibility index (Phi) is 2.19. The van der Waals surface area contributed by atoms with E-state index >= 15 is 0 Å². The number of carbonyl (C=O) groups is 1. The number of hydrogen-bond acceptors (Lipinski definition) is 4. The molecule has 3 nitrogen and oxygen atoms in total. The second-order valence-electron chi connectivity index (χ2n) is 2.83. The van der Waals surface area contributed by atoms with E-state index in [1.807, 2.05) is 6.07 Å². The molecule has 1 saturated heterocycles. The maximum Gasteiger partial charge on any atom is 0.161 e. The zero-order valence-corrected chi connectivity index (χ0v) is 7.34. The summed E-state index contributed by atoms with van der Waals surface area (Å²) in [5, 5.41) is 0. The van der Waals surface area contributed by atoms with E-state index in [1.54, 1.807) is 0 Å². The van der Waals surface area contributed by atoms with Crippen molar-refractivity contribution in [2.24, 2.45) is 0 Å². The SMILES string of the molecule is O=Cc1cc(C2CCOC2)ns1. The Labute approximate surface area is 74.5 Å². The Balaban J connectivity index is 2.16. The smallest absolute Gasteiger partial charge is 0.161 e. The van der Waals surface area contributed by atoms with Gasteiger partial charge >= 0.3 is 0 Å². The average Bonchev–Trinajstić information content (AvgIpc) is 2.75. The Morgan fingerprint density at radius 2 is 2.67 bits per heavy atom. The number of aromatic nitrogens is 1. The van der Waals surface area contributed by atoms with Crippen molar-refractivity contribution < 1.29 is 9.53 Å². The highest BCUT2D eigenvalue weighted by atomic mass is 32.1. The third kappa shape index (κ3) is 1.40. The van der Waals surface area contributed by atoms with E-state index in [1.165, 1.54) is 11.5 Å². The third-order valence-electron chi connectivity index (χ3n) is 2.01. The van der Waals surface area contributed by atoms with Gasteiger partial charge in [-0.3, -0.25) is 4.79 Å². The summed E-state index contributed by atoms with van der Waals surface area (Å²) >= 11 is 1.26. The van der Waals surface area contributed by atoms with Crippen molar-refractivity contribution in [1.82, 2.24) is 4.37 Å². The molecule has 0 saturated carbocycles. The van der Waals surface area contributed by atoms with Gasteiger partial charge in [0.15, 0.2) is 6.29 Å². The summed E-state index contributed by atoms with van der Waals surface area (Å²) in [7, 11) is 0. The van der Waals surface area contributed by atoms with Crippen LogP contribution < -0.4 is 0 Å². The lowest BCUT2D eigenvalue weighted by atomic mass is 10.1. The first-order chi connectivity index (χ1) is 5.90. The molecule has 0 spiro atoms. The van der Waals surface area contributed by atoms with Crippen LogP contribution in [0.3, 0.4) is 0 Å².